The summed E-state index contributed by atoms with van der Waals surface area (Å²) in [5, 5.41) is 39.9. The van der Waals surface area contributed by atoms with E-state index >= 15 is 0 Å². The topological polar surface area (TPSA) is 80.9 Å². The van der Waals surface area contributed by atoms with Crippen molar-refractivity contribution in [3.63, 3.8) is 0 Å². The number of hydrogen-bond acceptors (Lipinski definition) is 4. The largest absolute Gasteiger partial charge is 0.508 e. The van der Waals surface area contributed by atoms with Gasteiger partial charge in [0.1, 0.15) is 11.5 Å². The van der Waals surface area contributed by atoms with Crippen LogP contribution in [0.25, 0.3) is 0 Å². The zero-order valence-electron chi connectivity index (χ0n) is 14.1. The number of para-hydroxylation sites is 1. The van der Waals surface area contributed by atoms with Crippen LogP contribution < -0.4 is 0 Å². The Bertz CT molecular complexity index is 880. The van der Waals surface area contributed by atoms with Gasteiger partial charge in [0.05, 0.1) is 0 Å². The van der Waals surface area contributed by atoms with E-state index in [0.717, 1.165) is 22.3 Å². The fourth-order valence-electron chi connectivity index (χ4n) is 3.05. The van der Waals surface area contributed by atoms with E-state index in [1.165, 1.54) is 6.07 Å². The van der Waals surface area contributed by atoms with E-state index in [-0.39, 0.29) is 28.9 Å². The van der Waals surface area contributed by atoms with Crippen LogP contribution in [0.15, 0.2) is 54.6 Å². The molecule has 128 valence electrons. The second-order valence-electron chi connectivity index (χ2n) is 6.24. The first-order valence-electron chi connectivity index (χ1n) is 7.98. The van der Waals surface area contributed by atoms with E-state index in [9.17, 15) is 20.4 Å². The van der Waals surface area contributed by atoms with Crippen LogP contribution in [0.4, 0.5) is 0 Å². The third-order valence-electron chi connectivity index (χ3n) is 4.47. The summed E-state index contributed by atoms with van der Waals surface area (Å²) in [4.78, 5) is 0. The number of hydrogen-bond donors (Lipinski definition) is 4. The molecule has 25 heavy (non-hydrogen) atoms. The number of rotatable bonds is 3. The Balaban J connectivity index is 2.25. The lowest BCUT2D eigenvalue weighted by atomic mass is 9.83. The summed E-state index contributed by atoms with van der Waals surface area (Å²) >= 11 is 0. The standard InChI is InChI=1S/C21H20O4/c1-12-10-14(6-8-17(12)22)20(15-7-9-18(23)13(2)11-15)16-4-3-5-19(24)21(16)25/h3-11,20,22-25H,1-2H3. The van der Waals surface area contributed by atoms with Crippen LogP contribution in [0.2, 0.25) is 0 Å². The smallest absolute Gasteiger partial charge is 0.161 e. The molecule has 0 radical (unpaired) electrons. The summed E-state index contributed by atoms with van der Waals surface area (Å²) < 4.78 is 0. The maximum atomic E-state index is 10.4. The number of phenols is 4. The van der Waals surface area contributed by atoms with Crippen molar-refractivity contribution in [2.75, 3.05) is 0 Å². The lowest BCUT2D eigenvalue weighted by Crippen LogP contribution is -2.05. The van der Waals surface area contributed by atoms with Crippen molar-refractivity contribution in [2.45, 2.75) is 19.8 Å². The van der Waals surface area contributed by atoms with E-state index in [4.69, 9.17) is 0 Å². The predicted molar refractivity (Wildman–Crippen MR) is 96.4 cm³/mol. The molecule has 4 heteroatoms. The number of aromatic hydroxyl groups is 4. The molecule has 0 aliphatic rings. The average molecular weight is 336 g/mol. The first-order valence-corrected chi connectivity index (χ1v) is 7.98. The van der Waals surface area contributed by atoms with Crippen LogP contribution in [0.3, 0.4) is 0 Å². The minimum absolute atomic E-state index is 0.177. The molecule has 0 spiro atoms. The van der Waals surface area contributed by atoms with Crippen molar-refractivity contribution in [3.8, 4) is 23.0 Å². The second-order valence-corrected chi connectivity index (χ2v) is 6.24. The molecule has 0 unspecified atom stereocenters. The molecule has 3 aromatic carbocycles. The number of benzene rings is 3. The molecule has 3 aromatic rings. The molecule has 4 nitrogen and oxygen atoms in total. The molecule has 0 atom stereocenters. The molecular formula is C21H20O4. The van der Waals surface area contributed by atoms with E-state index in [1.54, 1.807) is 50.2 Å². The summed E-state index contributed by atoms with van der Waals surface area (Å²) in [5.41, 5.74) is 3.72. The zero-order chi connectivity index (χ0) is 18.1. The highest BCUT2D eigenvalue weighted by Crippen LogP contribution is 2.42. The Morgan fingerprint density at radius 1 is 0.640 bits per heavy atom. The fourth-order valence-corrected chi connectivity index (χ4v) is 3.05. The van der Waals surface area contributed by atoms with Crippen LogP contribution in [0.5, 0.6) is 23.0 Å². The third kappa shape index (κ3) is 3.11. The van der Waals surface area contributed by atoms with E-state index in [0.29, 0.717) is 5.56 Å². The van der Waals surface area contributed by atoms with Gasteiger partial charge in [-0.2, -0.15) is 0 Å². The predicted octanol–water partition coefficient (Wildman–Crippen LogP) is 4.31. The van der Waals surface area contributed by atoms with Gasteiger partial charge in [0, 0.05) is 11.5 Å². The van der Waals surface area contributed by atoms with Gasteiger partial charge in [0.2, 0.25) is 0 Å². The molecule has 0 aliphatic heterocycles. The highest BCUT2D eigenvalue weighted by molar-refractivity contribution is 5.55. The quantitative estimate of drug-likeness (QED) is 0.424. The maximum absolute atomic E-state index is 10.4. The van der Waals surface area contributed by atoms with E-state index < -0.39 is 0 Å². The molecule has 0 saturated carbocycles. The van der Waals surface area contributed by atoms with Crippen LogP contribution in [0, 0.1) is 13.8 Å². The maximum Gasteiger partial charge on any atom is 0.161 e. The van der Waals surface area contributed by atoms with Gasteiger partial charge in [0.15, 0.2) is 11.5 Å². The second kappa shape index (κ2) is 6.40. The van der Waals surface area contributed by atoms with Crippen LogP contribution in [-0.4, -0.2) is 20.4 Å². The van der Waals surface area contributed by atoms with Gasteiger partial charge >= 0.3 is 0 Å². The first kappa shape index (κ1) is 16.7. The Morgan fingerprint density at radius 2 is 1.16 bits per heavy atom. The Kier molecular flexibility index (Phi) is 4.28. The summed E-state index contributed by atoms with van der Waals surface area (Å²) in [7, 11) is 0. The third-order valence-corrected chi connectivity index (χ3v) is 4.47. The Morgan fingerprint density at radius 3 is 1.64 bits per heavy atom. The summed E-state index contributed by atoms with van der Waals surface area (Å²) in [5.74, 6) is -0.322. The molecule has 3 rings (SSSR count). The lowest BCUT2D eigenvalue weighted by molar-refractivity contribution is 0.399. The highest BCUT2D eigenvalue weighted by Gasteiger charge is 2.22. The van der Waals surface area contributed by atoms with Crippen LogP contribution in [-0.2, 0) is 0 Å². The van der Waals surface area contributed by atoms with Gasteiger partial charge in [0.25, 0.3) is 0 Å². The molecule has 0 fully saturated rings. The molecule has 0 saturated heterocycles. The average Bonchev–Trinajstić information content (AvgIpc) is 2.58. The zero-order valence-corrected chi connectivity index (χ0v) is 14.1. The summed E-state index contributed by atoms with van der Waals surface area (Å²) in [6, 6.07) is 15.4. The van der Waals surface area contributed by atoms with Crippen molar-refractivity contribution < 1.29 is 20.4 Å². The molecule has 0 aliphatic carbocycles. The van der Waals surface area contributed by atoms with Gasteiger partial charge < -0.3 is 20.4 Å². The Labute approximate surface area is 146 Å². The molecule has 0 bridgehead atoms. The van der Waals surface area contributed by atoms with E-state index in [2.05, 4.69) is 0 Å². The van der Waals surface area contributed by atoms with Gasteiger partial charge in [-0.15, -0.1) is 0 Å². The highest BCUT2D eigenvalue weighted by atomic mass is 16.3. The van der Waals surface area contributed by atoms with Gasteiger partial charge in [-0.05, 0) is 54.3 Å². The van der Waals surface area contributed by atoms with Crippen molar-refractivity contribution in [2.24, 2.45) is 0 Å². The normalized spacial score (nSPS) is 11.0. The molecule has 0 amide bonds. The Hall–Kier alpha value is -3.14. The SMILES string of the molecule is Cc1cc(C(c2ccc(O)c(C)c2)c2cccc(O)c2O)ccc1O. The monoisotopic (exact) mass is 336 g/mol. The molecule has 4 N–H and O–H groups in total. The minimum Gasteiger partial charge on any atom is -0.508 e. The lowest BCUT2D eigenvalue weighted by Gasteiger charge is -2.21. The van der Waals surface area contributed by atoms with Gasteiger partial charge in [-0.25, -0.2) is 0 Å². The van der Waals surface area contributed by atoms with Crippen LogP contribution in [0.1, 0.15) is 33.7 Å². The van der Waals surface area contributed by atoms with E-state index in [1.807, 2.05) is 12.1 Å². The van der Waals surface area contributed by atoms with Gasteiger partial charge in [-0.3, -0.25) is 0 Å². The van der Waals surface area contributed by atoms with Crippen LogP contribution >= 0.6 is 0 Å². The molecular weight excluding hydrogens is 316 g/mol. The van der Waals surface area contributed by atoms with Crippen molar-refractivity contribution >= 4 is 0 Å². The molecule has 0 heterocycles. The number of phenolic OH excluding ortho intramolecular Hbond substituents is 4. The van der Waals surface area contributed by atoms with Gasteiger partial charge in [-0.1, -0.05) is 36.4 Å². The van der Waals surface area contributed by atoms with Crippen molar-refractivity contribution in [1.29, 1.82) is 0 Å². The summed E-state index contributed by atoms with van der Waals surface area (Å²) in [6.07, 6.45) is 0. The summed E-state index contributed by atoms with van der Waals surface area (Å²) in [6.45, 7) is 3.61. The number of aryl methyl sites for hydroxylation is 2. The first-order chi connectivity index (χ1) is 11.9. The fraction of sp³-hybridized carbons (Fsp3) is 0.143. The minimum atomic E-state index is -0.356. The van der Waals surface area contributed by atoms with Crippen molar-refractivity contribution in [1.82, 2.24) is 0 Å². The van der Waals surface area contributed by atoms with Crippen molar-refractivity contribution in [3.05, 3.63) is 82.4 Å². The molecule has 0 aromatic heterocycles.